The molecule has 0 radical (unpaired) electrons. The van der Waals surface area contributed by atoms with Gasteiger partial charge in [0.1, 0.15) is 6.04 Å². The molecule has 0 aliphatic carbocycles. The third-order valence-electron chi connectivity index (χ3n) is 9.36. The van der Waals surface area contributed by atoms with Gasteiger partial charge in [-0.05, 0) is 62.3 Å². The number of carbonyl (C=O) groups is 3. The van der Waals surface area contributed by atoms with Crippen LogP contribution in [0.5, 0.6) is 0 Å². The van der Waals surface area contributed by atoms with Crippen LogP contribution in [-0.4, -0.2) is 90.7 Å². The zero-order valence-corrected chi connectivity index (χ0v) is 30.1. The lowest BCUT2D eigenvalue weighted by Gasteiger charge is -2.42. The minimum atomic E-state index is -3.41. The number of aliphatic hydroxyl groups excluding tert-OH is 1. The van der Waals surface area contributed by atoms with Gasteiger partial charge >= 0.3 is 0 Å². The van der Waals surface area contributed by atoms with E-state index in [0.29, 0.717) is 37.9 Å². The first kappa shape index (κ1) is 37.2. The molecule has 2 heterocycles. The predicted octanol–water partition coefficient (Wildman–Crippen LogP) is 3.44. The summed E-state index contributed by atoms with van der Waals surface area (Å²) in [5.41, 5.74) is 2.97. The van der Waals surface area contributed by atoms with Gasteiger partial charge < -0.3 is 20.6 Å². The van der Waals surface area contributed by atoms with Crippen molar-refractivity contribution in [2.24, 2.45) is 5.92 Å². The van der Waals surface area contributed by atoms with E-state index >= 15 is 0 Å². The Morgan fingerprint density at radius 1 is 0.900 bits per heavy atom. The number of carbonyl (C=O) groups excluding carboxylic acids is 3. The van der Waals surface area contributed by atoms with Crippen molar-refractivity contribution in [3.05, 3.63) is 107 Å². The Hall–Kier alpha value is -4.06. The number of rotatable bonds is 12. The van der Waals surface area contributed by atoms with E-state index in [9.17, 15) is 27.9 Å². The molecule has 4 atom stereocenters. The number of benzene rings is 3. The van der Waals surface area contributed by atoms with Crippen molar-refractivity contribution in [2.45, 2.75) is 75.9 Å². The molecule has 10 nitrogen and oxygen atoms in total. The summed E-state index contributed by atoms with van der Waals surface area (Å²) in [4.78, 5) is 44.5. The zero-order valence-electron chi connectivity index (χ0n) is 29.3. The summed E-state index contributed by atoms with van der Waals surface area (Å²) in [6.45, 7) is 6.85. The van der Waals surface area contributed by atoms with Crippen LogP contribution in [0.15, 0.2) is 84.9 Å². The number of amides is 3. The van der Waals surface area contributed by atoms with Crippen LogP contribution in [0, 0.1) is 5.92 Å². The summed E-state index contributed by atoms with van der Waals surface area (Å²) in [6, 6.07) is 25.2. The van der Waals surface area contributed by atoms with Gasteiger partial charge in [0.15, 0.2) is 9.84 Å². The van der Waals surface area contributed by atoms with Crippen LogP contribution >= 0.6 is 0 Å². The fourth-order valence-electron chi connectivity index (χ4n) is 6.93. The highest BCUT2D eigenvalue weighted by Gasteiger charge is 2.38. The van der Waals surface area contributed by atoms with Crippen molar-refractivity contribution in [1.82, 2.24) is 20.4 Å². The molecule has 3 amide bonds. The first-order valence-electron chi connectivity index (χ1n) is 17.4. The van der Waals surface area contributed by atoms with Crippen molar-refractivity contribution in [1.29, 1.82) is 0 Å². The molecular formula is C39H50N4O6S. The molecular weight excluding hydrogens is 653 g/mol. The topological polar surface area (TPSA) is 136 Å². The molecule has 0 unspecified atom stereocenters. The van der Waals surface area contributed by atoms with E-state index in [1.165, 1.54) is 0 Å². The van der Waals surface area contributed by atoms with Crippen LogP contribution in [0.25, 0.3) is 0 Å². The number of hydrogen-bond acceptors (Lipinski definition) is 7. The third-order valence-corrected chi connectivity index (χ3v) is 10.9. The smallest absolute Gasteiger partial charge is 0.239 e. The third kappa shape index (κ3) is 10.5. The molecule has 1 saturated heterocycles. The van der Waals surface area contributed by atoms with Crippen LogP contribution in [0.2, 0.25) is 0 Å². The molecule has 0 bridgehead atoms. The molecule has 3 aromatic rings. The van der Waals surface area contributed by atoms with E-state index in [2.05, 4.69) is 10.6 Å². The van der Waals surface area contributed by atoms with E-state index in [4.69, 9.17) is 0 Å². The van der Waals surface area contributed by atoms with Gasteiger partial charge in [0, 0.05) is 44.1 Å². The summed E-state index contributed by atoms with van der Waals surface area (Å²) in [7, 11) is -3.41. The fraction of sp³-hybridized carbons (Fsp3) is 0.462. The lowest BCUT2D eigenvalue weighted by atomic mass is 9.91. The molecule has 2 aliphatic heterocycles. The molecule has 0 spiro atoms. The highest BCUT2D eigenvalue weighted by Crippen LogP contribution is 2.29. The second kappa shape index (κ2) is 16.3. The van der Waals surface area contributed by atoms with E-state index in [-0.39, 0.29) is 48.7 Å². The average molecular weight is 703 g/mol. The molecule has 11 heteroatoms. The first-order chi connectivity index (χ1) is 23.8. The Balaban J connectivity index is 1.29. The molecule has 0 saturated carbocycles. The lowest BCUT2D eigenvalue weighted by Crippen LogP contribution is -2.62. The second-order valence-corrected chi connectivity index (χ2v) is 16.8. The number of fused-ring (bicyclic) bond motifs is 1. The van der Waals surface area contributed by atoms with Crippen LogP contribution in [0.1, 0.15) is 61.9 Å². The number of β-amino-alcohol motifs (C(OH)–C–C–N with tert-alkyl or cyclic N) is 1. The Morgan fingerprint density at radius 2 is 1.54 bits per heavy atom. The van der Waals surface area contributed by atoms with Gasteiger partial charge in [-0.3, -0.25) is 19.3 Å². The van der Waals surface area contributed by atoms with Gasteiger partial charge in [0.2, 0.25) is 17.7 Å². The Kier molecular flexibility index (Phi) is 12.1. The maximum atomic E-state index is 13.9. The van der Waals surface area contributed by atoms with Crippen LogP contribution < -0.4 is 10.6 Å². The summed E-state index contributed by atoms with van der Waals surface area (Å²) in [6.07, 6.45) is 0.431. The number of hydrogen-bond donors (Lipinski definition) is 3. The van der Waals surface area contributed by atoms with Gasteiger partial charge in [-0.1, -0.05) is 84.9 Å². The Bertz CT molecular complexity index is 1730. The number of nitrogens with zero attached hydrogens (tertiary/aromatic N) is 2. The molecule has 2 aliphatic rings. The standard InChI is InChI=1S/C39H50N4O6S/c1-39(2,3)41-38(47)35-25-43(36(45)19-18-28-12-6-4-7-13-28)21-20-42(35)24-32(44)23-31(22-29-14-8-5-9-15-29)37(46)40-34-27-50(48,49)26-30-16-10-11-17-33(30)34/h4-17,31-32,34-35,44H,18-27H2,1-3H3,(H,40,46)(H,41,47)/t31-,32+,34-,35+/m1/s1. The summed E-state index contributed by atoms with van der Waals surface area (Å²) in [5.74, 6) is -1.48. The number of sulfone groups is 1. The second-order valence-electron chi connectivity index (χ2n) is 14.7. The van der Waals surface area contributed by atoms with Crippen molar-refractivity contribution in [3.8, 4) is 0 Å². The number of piperazine rings is 1. The zero-order chi connectivity index (χ0) is 35.9. The van der Waals surface area contributed by atoms with Crippen molar-refractivity contribution in [3.63, 3.8) is 0 Å². The van der Waals surface area contributed by atoms with Gasteiger partial charge in [-0.15, -0.1) is 0 Å². The molecule has 0 aromatic heterocycles. The van der Waals surface area contributed by atoms with Crippen molar-refractivity contribution in [2.75, 3.05) is 31.9 Å². The minimum absolute atomic E-state index is 0.0199. The Labute approximate surface area is 296 Å². The molecule has 50 heavy (non-hydrogen) atoms. The quantitative estimate of drug-likeness (QED) is 0.263. The van der Waals surface area contributed by atoms with Gasteiger partial charge in [0.05, 0.1) is 23.7 Å². The molecule has 3 N–H and O–H groups in total. The van der Waals surface area contributed by atoms with Crippen molar-refractivity contribution >= 4 is 27.6 Å². The highest BCUT2D eigenvalue weighted by atomic mass is 32.2. The maximum absolute atomic E-state index is 13.9. The van der Waals surface area contributed by atoms with Gasteiger partial charge in [0.25, 0.3) is 0 Å². The first-order valence-corrected chi connectivity index (χ1v) is 19.3. The average Bonchev–Trinajstić information content (AvgIpc) is 3.06. The van der Waals surface area contributed by atoms with Crippen LogP contribution in [0.3, 0.4) is 0 Å². The highest BCUT2D eigenvalue weighted by molar-refractivity contribution is 7.90. The molecule has 5 rings (SSSR count). The summed E-state index contributed by atoms with van der Waals surface area (Å²) >= 11 is 0. The van der Waals surface area contributed by atoms with Crippen molar-refractivity contribution < 1.29 is 27.9 Å². The number of aryl methyl sites for hydroxylation is 1. The monoisotopic (exact) mass is 702 g/mol. The van der Waals surface area contributed by atoms with E-state index in [0.717, 1.165) is 16.7 Å². The van der Waals surface area contributed by atoms with Gasteiger partial charge in [-0.25, -0.2) is 8.42 Å². The summed E-state index contributed by atoms with van der Waals surface area (Å²) in [5, 5.41) is 17.6. The van der Waals surface area contributed by atoms with E-state index in [1.807, 2.05) is 98.5 Å². The molecule has 1 fully saturated rings. The predicted molar refractivity (Wildman–Crippen MR) is 194 cm³/mol. The Morgan fingerprint density at radius 3 is 2.22 bits per heavy atom. The normalized spacial score (nSPS) is 20.3. The van der Waals surface area contributed by atoms with Crippen LogP contribution in [-0.2, 0) is 42.8 Å². The van der Waals surface area contributed by atoms with E-state index < -0.39 is 39.5 Å². The number of aliphatic hydroxyl groups is 1. The minimum Gasteiger partial charge on any atom is -0.392 e. The van der Waals surface area contributed by atoms with Crippen LogP contribution in [0.4, 0.5) is 0 Å². The molecule has 3 aromatic carbocycles. The molecule has 268 valence electrons. The fourth-order valence-corrected chi connectivity index (χ4v) is 8.56. The lowest BCUT2D eigenvalue weighted by molar-refractivity contribution is -0.139. The van der Waals surface area contributed by atoms with Gasteiger partial charge in [-0.2, -0.15) is 0 Å². The number of nitrogens with one attached hydrogen (secondary N) is 2. The SMILES string of the molecule is CC(C)(C)NC(=O)[C@@H]1CN(C(=O)CCc2ccccc2)CCN1C[C@@H](O)C[C@@H](Cc1ccccc1)C(=O)N[C@@H]1CS(=O)(=O)Cc2ccccc21. The van der Waals surface area contributed by atoms with E-state index in [1.54, 1.807) is 17.0 Å². The largest absolute Gasteiger partial charge is 0.392 e. The summed E-state index contributed by atoms with van der Waals surface area (Å²) < 4.78 is 25.5. The maximum Gasteiger partial charge on any atom is 0.239 e.